The molecule has 0 N–H and O–H groups in total. The molecule has 0 bridgehead atoms. The van der Waals surface area contributed by atoms with E-state index in [1.807, 2.05) is 52.0 Å². The molecule has 3 unspecified atom stereocenters. The lowest BCUT2D eigenvalue weighted by Gasteiger charge is -2.19. The summed E-state index contributed by atoms with van der Waals surface area (Å²) in [6.45, 7) is 7.73. The van der Waals surface area contributed by atoms with E-state index >= 15 is 0 Å². The van der Waals surface area contributed by atoms with Gasteiger partial charge in [-0.15, -0.1) is 0 Å². The van der Waals surface area contributed by atoms with Crippen molar-refractivity contribution < 1.29 is 13.7 Å². The molecule has 3 nitrogen and oxygen atoms in total. The number of fused-ring (bicyclic) bond motifs is 1. The maximum Gasteiger partial charge on any atom is 0.306 e. The van der Waals surface area contributed by atoms with E-state index in [2.05, 4.69) is 0 Å². The second-order valence-corrected chi connectivity index (χ2v) is 10.8. The largest absolute Gasteiger partial charge is 0.460 e. The molecule has 0 spiro atoms. The van der Waals surface area contributed by atoms with E-state index in [1.165, 1.54) is 0 Å². The third-order valence-corrected chi connectivity index (χ3v) is 7.57. The molecular weight excluding hydrogens is 380 g/mol. The van der Waals surface area contributed by atoms with E-state index in [-0.39, 0.29) is 5.97 Å². The van der Waals surface area contributed by atoms with Crippen molar-refractivity contribution in [1.29, 1.82) is 0 Å². The van der Waals surface area contributed by atoms with Crippen molar-refractivity contribution in [1.82, 2.24) is 0 Å². The molecule has 2 aliphatic carbocycles. The first-order chi connectivity index (χ1) is 12.7. The van der Waals surface area contributed by atoms with Crippen molar-refractivity contribution in [3.63, 3.8) is 0 Å². The molecule has 3 atom stereocenters. The van der Waals surface area contributed by atoms with Gasteiger partial charge in [0.1, 0.15) is 9.97 Å². The van der Waals surface area contributed by atoms with Gasteiger partial charge in [-0.05, 0) is 88.8 Å². The van der Waals surface area contributed by atoms with Crippen molar-refractivity contribution in [3.8, 4) is 0 Å². The molecule has 0 aliphatic heterocycles. The number of halogens is 1. The van der Waals surface area contributed by atoms with Gasteiger partial charge in [-0.2, -0.15) is 0 Å². The van der Waals surface area contributed by atoms with Crippen LogP contribution in [0.4, 0.5) is 0 Å². The van der Waals surface area contributed by atoms with Gasteiger partial charge >= 0.3 is 5.97 Å². The van der Waals surface area contributed by atoms with Crippen molar-refractivity contribution in [2.75, 3.05) is 0 Å². The Morgan fingerprint density at radius 1 is 1.15 bits per heavy atom. The van der Waals surface area contributed by atoms with Crippen LogP contribution >= 0.6 is 11.6 Å². The number of benzene rings is 1. The minimum atomic E-state index is -1.30. The smallest absolute Gasteiger partial charge is 0.306 e. The highest BCUT2D eigenvalue weighted by Crippen LogP contribution is 2.57. The summed E-state index contributed by atoms with van der Waals surface area (Å²) < 4.78 is 18.7. The zero-order chi connectivity index (χ0) is 19.8. The molecule has 5 heteroatoms. The average Bonchev–Trinajstić information content (AvgIpc) is 3.28. The van der Waals surface area contributed by atoms with Gasteiger partial charge in [-0.1, -0.05) is 29.3 Å². The van der Waals surface area contributed by atoms with Crippen LogP contribution in [0.15, 0.2) is 39.1 Å². The molecule has 2 fully saturated rings. The van der Waals surface area contributed by atoms with Gasteiger partial charge in [0.05, 0.1) is 10.8 Å². The maximum atomic E-state index is 12.8. The summed E-state index contributed by atoms with van der Waals surface area (Å²) in [5, 5.41) is 0. The predicted molar refractivity (Wildman–Crippen MR) is 110 cm³/mol. The maximum absolute atomic E-state index is 12.8. The molecule has 148 valence electrons. The minimum Gasteiger partial charge on any atom is -0.460 e. The first kappa shape index (κ1) is 20.6. The van der Waals surface area contributed by atoms with Crippen LogP contribution in [0, 0.1) is 24.7 Å². The number of hydrogen-bond acceptors (Lipinski definition) is 3. The third-order valence-electron chi connectivity index (χ3n) is 5.57. The summed E-state index contributed by atoms with van der Waals surface area (Å²) in [5.41, 5.74) is 1.85. The van der Waals surface area contributed by atoms with Gasteiger partial charge in [-0.25, -0.2) is 4.21 Å². The fourth-order valence-electron chi connectivity index (χ4n) is 4.16. The van der Waals surface area contributed by atoms with E-state index in [9.17, 15) is 9.00 Å². The van der Waals surface area contributed by atoms with Gasteiger partial charge < -0.3 is 4.74 Å². The normalized spacial score (nSPS) is 26.0. The second-order valence-electron chi connectivity index (χ2n) is 8.82. The molecule has 0 aromatic heterocycles. The Hall–Kier alpha value is -1.13. The van der Waals surface area contributed by atoms with E-state index in [0.717, 1.165) is 41.7 Å². The predicted octanol–water partition coefficient (Wildman–Crippen LogP) is 5.72. The van der Waals surface area contributed by atoms with Crippen molar-refractivity contribution in [3.05, 3.63) is 39.8 Å². The van der Waals surface area contributed by atoms with Crippen molar-refractivity contribution >= 4 is 28.4 Å². The molecule has 0 heterocycles. The highest BCUT2D eigenvalue weighted by atomic mass is 35.5. The standard InChI is InChI=1S/C22H29ClO3S/c1-14-5-9-16(10-6-14)27(25)21(23)15-7-11-17-18(12-8-15)19(17)13-20(24)26-22(2,3)4/h5-6,9-10,17-19H,7-8,11-13H2,1-4H3. The number of rotatable bonds is 4. The van der Waals surface area contributed by atoms with Crippen LogP contribution < -0.4 is 0 Å². The SMILES string of the molecule is Cc1ccc(S(=O)C(Cl)=C2CCC3C(CC2)C3CC(=O)OC(C)(C)C)cc1. The van der Waals surface area contributed by atoms with E-state index in [4.69, 9.17) is 16.3 Å². The average molecular weight is 409 g/mol. The Labute approximate surface area is 170 Å². The highest BCUT2D eigenvalue weighted by molar-refractivity contribution is 7.90. The van der Waals surface area contributed by atoms with Gasteiger partial charge in [0.15, 0.2) is 0 Å². The Morgan fingerprint density at radius 3 is 2.22 bits per heavy atom. The number of hydrogen-bond donors (Lipinski definition) is 0. The number of aryl methyl sites for hydroxylation is 1. The molecule has 27 heavy (non-hydrogen) atoms. The first-order valence-corrected chi connectivity index (χ1v) is 11.3. The Morgan fingerprint density at radius 2 is 1.70 bits per heavy atom. The Kier molecular flexibility index (Phi) is 6.17. The zero-order valence-corrected chi connectivity index (χ0v) is 18.2. The zero-order valence-electron chi connectivity index (χ0n) is 16.6. The highest BCUT2D eigenvalue weighted by Gasteiger charge is 2.51. The van der Waals surface area contributed by atoms with Crippen LogP contribution in [0.1, 0.15) is 58.4 Å². The summed E-state index contributed by atoms with van der Waals surface area (Å²) in [6, 6.07) is 7.70. The van der Waals surface area contributed by atoms with E-state index in [1.54, 1.807) is 0 Å². The van der Waals surface area contributed by atoms with Crippen LogP contribution in [-0.2, 0) is 20.3 Å². The summed E-state index contributed by atoms with van der Waals surface area (Å²) in [6.07, 6.45) is 4.32. The molecular formula is C22H29ClO3S. The Balaban J connectivity index is 1.58. The van der Waals surface area contributed by atoms with Crippen molar-refractivity contribution in [2.45, 2.75) is 70.3 Å². The third kappa shape index (κ3) is 5.23. The molecule has 1 aromatic carbocycles. The molecule has 3 rings (SSSR count). The number of ether oxygens (including phenoxy) is 1. The van der Waals surface area contributed by atoms with Crippen LogP contribution in [0.25, 0.3) is 0 Å². The second kappa shape index (κ2) is 8.08. The fraction of sp³-hybridized carbons (Fsp3) is 0.591. The van der Waals surface area contributed by atoms with Crippen LogP contribution in [0.5, 0.6) is 0 Å². The van der Waals surface area contributed by atoms with Crippen molar-refractivity contribution in [2.24, 2.45) is 17.8 Å². The molecule has 1 aromatic rings. The molecule has 2 aliphatic rings. The number of allylic oxidation sites excluding steroid dienone is 1. The summed E-state index contributed by atoms with van der Waals surface area (Å²) in [7, 11) is -1.30. The monoisotopic (exact) mass is 408 g/mol. The lowest BCUT2D eigenvalue weighted by atomic mass is 10.0. The van der Waals surface area contributed by atoms with Crippen LogP contribution in [-0.4, -0.2) is 15.8 Å². The lowest BCUT2D eigenvalue weighted by Crippen LogP contribution is -2.24. The molecule has 0 amide bonds. The minimum absolute atomic E-state index is 0.0881. The van der Waals surface area contributed by atoms with E-state index in [0.29, 0.717) is 28.5 Å². The topological polar surface area (TPSA) is 43.4 Å². The quantitative estimate of drug-likeness (QED) is 0.598. The van der Waals surface area contributed by atoms with Gasteiger partial charge in [0.2, 0.25) is 0 Å². The molecule has 0 saturated heterocycles. The molecule has 2 saturated carbocycles. The van der Waals surface area contributed by atoms with Crippen LogP contribution in [0.3, 0.4) is 0 Å². The van der Waals surface area contributed by atoms with Gasteiger partial charge in [0.25, 0.3) is 0 Å². The number of carbonyl (C=O) groups excluding carboxylic acids is 1. The van der Waals surface area contributed by atoms with Gasteiger partial charge in [-0.3, -0.25) is 4.79 Å². The fourth-order valence-corrected chi connectivity index (χ4v) is 5.67. The number of carbonyl (C=O) groups is 1. The lowest BCUT2D eigenvalue weighted by molar-refractivity contribution is -0.155. The summed E-state index contributed by atoms with van der Waals surface area (Å²) in [5.74, 6) is 1.51. The number of esters is 1. The summed E-state index contributed by atoms with van der Waals surface area (Å²) in [4.78, 5) is 12.8. The Bertz CT molecular complexity index is 745. The van der Waals surface area contributed by atoms with Gasteiger partial charge in [0, 0.05) is 11.3 Å². The molecule has 0 radical (unpaired) electrons. The van der Waals surface area contributed by atoms with E-state index < -0.39 is 16.4 Å². The first-order valence-electron chi connectivity index (χ1n) is 9.73. The van der Waals surface area contributed by atoms with Crippen LogP contribution in [0.2, 0.25) is 0 Å². The summed E-state index contributed by atoms with van der Waals surface area (Å²) >= 11 is 6.52.